The van der Waals surface area contributed by atoms with Crippen LogP contribution < -0.4 is 0 Å². The highest BCUT2D eigenvalue weighted by atomic mass is 16.2. The van der Waals surface area contributed by atoms with E-state index in [2.05, 4.69) is 34.9 Å². The smallest absolute Gasteiger partial charge is 0.219 e. The molecular formula is C20H28N4O. The highest BCUT2D eigenvalue weighted by Crippen LogP contribution is 2.24. The van der Waals surface area contributed by atoms with Crippen molar-refractivity contribution in [2.45, 2.75) is 32.9 Å². The van der Waals surface area contributed by atoms with Gasteiger partial charge in [-0.05, 0) is 30.0 Å². The number of carbonyl (C=O) groups is 1. The second-order valence-corrected chi connectivity index (χ2v) is 7.44. The van der Waals surface area contributed by atoms with E-state index in [0.717, 1.165) is 57.8 Å². The van der Waals surface area contributed by atoms with Crippen LogP contribution in [0.4, 0.5) is 0 Å². The maximum atomic E-state index is 11.6. The fraction of sp³-hybridized carbons (Fsp3) is 0.600. The van der Waals surface area contributed by atoms with Gasteiger partial charge in [-0.2, -0.15) is 5.26 Å². The molecule has 0 unspecified atom stereocenters. The number of amides is 1. The molecule has 1 aromatic carbocycles. The van der Waals surface area contributed by atoms with Crippen LogP contribution in [-0.4, -0.2) is 65.9 Å². The van der Waals surface area contributed by atoms with E-state index in [1.165, 1.54) is 5.56 Å². The summed E-state index contributed by atoms with van der Waals surface area (Å²) in [6, 6.07) is 10.7. The van der Waals surface area contributed by atoms with E-state index in [1.54, 1.807) is 6.92 Å². The van der Waals surface area contributed by atoms with Crippen molar-refractivity contribution in [1.29, 1.82) is 5.26 Å². The molecule has 3 rings (SSSR count). The third-order valence-electron chi connectivity index (χ3n) is 5.58. The Morgan fingerprint density at radius 2 is 1.92 bits per heavy atom. The van der Waals surface area contributed by atoms with E-state index in [9.17, 15) is 4.79 Å². The summed E-state index contributed by atoms with van der Waals surface area (Å²) in [6.45, 7) is 11.0. The van der Waals surface area contributed by atoms with E-state index in [1.807, 2.05) is 17.0 Å². The van der Waals surface area contributed by atoms with Gasteiger partial charge < -0.3 is 4.90 Å². The molecular weight excluding hydrogens is 312 g/mol. The Hall–Kier alpha value is -1.90. The van der Waals surface area contributed by atoms with Crippen LogP contribution in [0, 0.1) is 17.2 Å². The Labute approximate surface area is 150 Å². The van der Waals surface area contributed by atoms with Gasteiger partial charge >= 0.3 is 0 Å². The summed E-state index contributed by atoms with van der Waals surface area (Å²) >= 11 is 0. The quantitative estimate of drug-likeness (QED) is 0.844. The Morgan fingerprint density at radius 1 is 1.16 bits per heavy atom. The first-order valence-corrected chi connectivity index (χ1v) is 9.28. The maximum Gasteiger partial charge on any atom is 0.219 e. The van der Waals surface area contributed by atoms with E-state index >= 15 is 0 Å². The van der Waals surface area contributed by atoms with Gasteiger partial charge in [-0.15, -0.1) is 0 Å². The molecule has 0 saturated carbocycles. The molecule has 0 bridgehead atoms. The van der Waals surface area contributed by atoms with Crippen molar-refractivity contribution in [2.24, 2.45) is 5.92 Å². The molecule has 0 radical (unpaired) electrons. The van der Waals surface area contributed by atoms with Gasteiger partial charge in [-0.1, -0.05) is 19.1 Å². The summed E-state index contributed by atoms with van der Waals surface area (Å²) in [6.07, 6.45) is 1.07. The first kappa shape index (κ1) is 17.9. The lowest BCUT2D eigenvalue weighted by Crippen LogP contribution is -2.42. The molecule has 5 nitrogen and oxygen atoms in total. The molecule has 2 aliphatic rings. The van der Waals surface area contributed by atoms with Crippen molar-refractivity contribution in [2.75, 3.05) is 39.3 Å². The third-order valence-corrected chi connectivity index (χ3v) is 5.58. The first-order valence-electron chi connectivity index (χ1n) is 9.28. The molecule has 1 aromatic rings. The lowest BCUT2D eigenvalue weighted by atomic mass is 10.0. The second-order valence-electron chi connectivity index (χ2n) is 7.44. The minimum atomic E-state index is 0.198. The normalized spacial score (nSPS) is 25.6. The number of benzene rings is 1. The second kappa shape index (κ2) is 7.99. The van der Waals surface area contributed by atoms with Gasteiger partial charge in [-0.25, -0.2) is 0 Å². The molecule has 0 N–H and O–H groups in total. The number of hydrogen-bond acceptors (Lipinski definition) is 4. The predicted octanol–water partition coefficient (Wildman–Crippen LogP) is 1.93. The van der Waals surface area contributed by atoms with Crippen molar-refractivity contribution in [1.82, 2.24) is 14.7 Å². The monoisotopic (exact) mass is 340 g/mol. The van der Waals surface area contributed by atoms with Gasteiger partial charge in [0, 0.05) is 58.8 Å². The zero-order valence-corrected chi connectivity index (χ0v) is 15.3. The number of nitriles is 1. The minimum Gasteiger partial charge on any atom is -0.342 e. The van der Waals surface area contributed by atoms with Crippen LogP contribution >= 0.6 is 0 Å². The van der Waals surface area contributed by atoms with Gasteiger partial charge in [0.15, 0.2) is 0 Å². The average Bonchev–Trinajstić information content (AvgIpc) is 2.82. The van der Waals surface area contributed by atoms with Gasteiger partial charge in [0.2, 0.25) is 5.91 Å². The topological polar surface area (TPSA) is 50.6 Å². The molecule has 5 heteroatoms. The summed E-state index contributed by atoms with van der Waals surface area (Å²) in [7, 11) is 0. The van der Waals surface area contributed by atoms with E-state index in [-0.39, 0.29) is 5.91 Å². The zero-order chi connectivity index (χ0) is 17.8. The van der Waals surface area contributed by atoms with Crippen molar-refractivity contribution < 1.29 is 4.79 Å². The lowest BCUT2D eigenvalue weighted by molar-refractivity contribution is -0.128. The van der Waals surface area contributed by atoms with Crippen molar-refractivity contribution in [3.8, 4) is 6.07 Å². The summed E-state index contributed by atoms with van der Waals surface area (Å²) in [5.74, 6) is 0.839. The molecule has 25 heavy (non-hydrogen) atoms. The minimum absolute atomic E-state index is 0.198. The fourth-order valence-corrected chi connectivity index (χ4v) is 4.18. The third kappa shape index (κ3) is 4.39. The lowest BCUT2D eigenvalue weighted by Gasteiger charge is -2.30. The Bertz CT molecular complexity index is 636. The average molecular weight is 340 g/mol. The summed E-state index contributed by atoms with van der Waals surface area (Å²) in [5, 5.41) is 8.91. The van der Waals surface area contributed by atoms with Gasteiger partial charge in [0.05, 0.1) is 11.6 Å². The van der Waals surface area contributed by atoms with Crippen LogP contribution in [0.5, 0.6) is 0 Å². The summed E-state index contributed by atoms with van der Waals surface area (Å²) < 4.78 is 0. The molecule has 0 spiro atoms. The summed E-state index contributed by atoms with van der Waals surface area (Å²) in [4.78, 5) is 18.7. The van der Waals surface area contributed by atoms with Crippen LogP contribution in [0.3, 0.4) is 0 Å². The Balaban J connectivity index is 1.57. The molecule has 2 fully saturated rings. The molecule has 0 aliphatic carbocycles. The van der Waals surface area contributed by atoms with E-state index in [0.29, 0.717) is 12.0 Å². The van der Waals surface area contributed by atoms with Crippen LogP contribution in [0.1, 0.15) is 31.4 Å². The van der Waals surface area contributed by atoms with Gasteiger partial charge in [-0.3, -0.25) is 14.6 Å². The molecule has 1 amide bonds. The standard InChI is InChI=1S/C20H28N4O/c1-16-13-22(14-19-6-4-18(12-21)5-7-19)15-20(16)24-9-3-8-23(10-11-24)17(2)25/h4-7,16,20H,3,8-11,13-15H2,1-2H3/t16-,20-/m1/s1. The van der Waals surface area contributed by atoms with Gasteiger partial charge in [0.1, 0.15) is 0 Å². The maximum absolute atomic E-state index is 11.6. The Kier molecular flexibility index (Phi) is 5.72. The first-order chi connectivity index (χ1) is 12.1. The number of likely N-dealkylation sites (tertiary alicyclic amines) is 1. The van der Waals surface area contributed by atoms with Crippen LogP contribution in [-0.2, 0) is 11.3 Å². The molecule has 2 aliphatic heterocycles. The fourth-order valence-electron chi connectivity index (χ4n) is 4.18. The number of rotatable bonds is 3. The number of hydrogen-bond donors (Lipinski definition) is 0. The highest BCUT2D eigenvalue weighted by molar-refractivity contribution is 5.73. The molecule has 2 atom stereocenters. The molecule has 2 saturated heterocycles. The van der Waals surface area contributed by atoms with Crippen LogP contribution in [0.25, 0.3) is 0 Å². The summed E-state index contributed by atoms with van der Waals surface area (Å²) in [5.41, 5.74) is 1.99. The van der Waals surface area contributed by atoms with Gasteiger partial charge in [0.25, 0.3) is 0 Å². The van der Waals surface area contributed by atoms with E-state index in [4.69, 9.17) is 5.26 Å². The largest absolute Gasteiger partial charge is 0.342 e. The number of carbonyl (C=O) groups excluding carboxylic acids is 1. The number of nitrogens with zero attached hydrogens (tertiary/aromatic N) is 4. The van der Waals surface area contributed by atoms with Crippen LogP contribution in [0.15, 0.2) is 24.3 Å². The molecule has 0 aromatic heterocycles. The van der Waals surface area contributed by atoms with Crippen molar-refractivity contribution >= 4 is 5.91 Å². The molecule has 134 valence electrons. The SMILES string of the molecule is CC(=O)N1CCCN([C@@H]2CN(Cc3ccc(C#N)cc3)C[C@H]2C)CC1. The zero-order valence-electron chi connectivity index (χ0n) is 15.3. The Morgan fingerprint density at radius 3 is 2.60 bits per heavy atom. The van der Waals surface area contributed by atoms with Crippen LogP contribution in [0.2, 0.25) is 0 Å². The molecule has 2 heterocycles. The van der Waals surface area contributed by atoms with Crippen molar-refractivity contribution in [3.63, 3.8) is 0 Å². The highest BCUT2D eigenvalue weighted by Gasteiger charge is 2.34. The van der Waals surface area contributed by atoms with Crippen molar-refractivity contribution in [3.05, 3.63) is 35.4 Å². The predicted molar refractivity (Wildman–Crippen MR) is 97.8 cm³/mol. The van der Waals surface area contributed by atoms with E-state index < -0.39 is 0 Å².